The molecule has 1 N–H and O–H groups in total. The van der Waals surface area contributed by atoms with E-state index < -0.39 is 0 Å². The summed E-state index contributed by atoms with van der Waals surface area (Å²) >= 11 is 0. The SMILES string of the molecule is Cc1[15n][15nH]c(C)c1C12CC3CC(CC(C3)C1)C2. The topological polar surface area (TPSA) is 28.7 Å². The Hall–Kier alpha value is -0.790. The van der Waals surface area contributed by atoms with Crippen molar-refractivity contribution in [2.45, 2.75) is 57.8 Å². The maximum Gasteiger partial charge on any atom is 0.0631 e. The highest BCUT2D eigenvalue weighted by Crippen LogP contribution is 2.61. The van der Waals surface area contributed by atoms with Crippen molar-refractivity contribution in [2.75, 3.05) is 0 Å². The smallest absolute Gasteiger partial charge is 0.0631 e. The van der Waals surface area contributed by atoms with Gasteiger partial charge in [0.05, 0.1) is 5.69 Å². The molecule has 1 aromatic heterocycles. The first kappa shape index (κ1) is 10.2. The van der Waals surface area contributed by atoms with Crippen LogP contribution in [0.2, 0.25) is 0 Å². The van der Waals surface area contributed by atoms with Crippen molar-refractivity contribution in [2.24, 2.45) is 17.8 Å². The third-order valence-electron chi connectivity index (χ3n) is 5.70. The highest BCUT2D eigenvalue weighted by molar-refractivity contribution is 5.35. The zero-order chi connectivity index (χ0) is 11.6. The number of aromatic amines is 1. The Kier molecular flexibility index (Phi) is 1.88. The molecule has 5 rings (SSSR count). The molecule has 4 fully saturated rings. The summed E-state index contributed by atoms with van der Waals surface area (Å²) in [6, 6.07) is 0. The fourth-order valence-corrected chi connectivity index (χ4v) is 5.75. The molecule has 2 heteroatoms. The molecule has 0 amide bonds. The Morgan fingerprint density at radius 1 is 1.00 bits per heavy atom. The lowest BCUT2D eigenvalue weighted by molar-refractivity contribution is -0.00572. The van der Waals surface area contributed by atoms with Gasteiger partial charge < -0.3 is 0 Å². The van der Waals surface area contributed by atoms with Crippen LogP contribution in [0.5, 0.6) is 0 Å². The summed E-state index contributed by atoms with van der Waals surface area (Å²) in [4.78, 5) is 0. The van der Waals surface area contributed by atoms with Gasteiger partial charge in [0.1, 0.15) is 0 Å². The van der Waals surface area contributed by atoms with Gasteiger partial charge in [-0.2, -0.15) is 5.10 Å². The van der Waals surface area contributed by atoms with Crippen molar-refractivity contribution >= 4 is 0 Å². The average Bonchev–Trinajstić information content (AvgIpc) is 2.56. The molecular weight excluding hydrogens is 210 g/mol. The maximum atomic E-state index is 4.45. The number of hydrogen-bond acceptors (Lipinski definition) is 1. The summed E-state index contributed by atoms with van der Waals surface area (Å²) in [6.45, 7) is 4.41. The molecule has 2 nitrogen and oxygen atoms in total. The van der Waals surface area contributed by atoms with Crippen LogP contribution in [0.25, 0.3) is 0 Å². The number of aromatic nitrogens is 2. The Morgan fingerprint density at radius 3 is 1.94 bits per heavy atom. The number of nitrogens with one attached hydrogen (secondary N) is 1. The summed E-state index contributed by atoms with van der Waals surface area (Å²) in [7, 11) is 0. The summed E-state index contributed by atoms with van der Waals surface area (Å²) < 4.78 is 0. The molecule has 0 atom stereocenters. The first-order chi connectivity index (χ1) is 8.16. The molecule has 0 aliphatic heterocycles. The van der Waals surface area contributed by atoms with Crippen molar-refractivity contribution < 1.29 is 0 Å². The van der Waals surface area contributed by atoms with Gasteiger partial charge in [-0.1, -0.05) is 0 Å². The Bertz CT molecular complexity index is 403. The van der Waals surface area contributed by atoms with Crippen LogP contribution in [0.1, 0.15) is 55.5 Å². The van der Waals surface area contributed by atoms with Gasteiger partial charge in [0.15, 0.2) is 0 Å². The normalized spacial score (nSPS) is 43.3. The van der Waals surface area contributed by atoms with Crippen LogP contribution in [0.4, 0.5) is 0 Å². The molecule has 4 aliphatic carbocycles. The lowest BCUT2D eigenvalue weighted by Gasteiger charge is -2.57. The van der Waals surface area contributed by atoms with Crippen molar-refractivity contribution in [3.8, 4) is 0 Å². The quantitative estimate of drug-likeness (QED) is 0.788. The molecule has 4 saturated carbocycles. The van der Waals surface area contributed by atoms with E-state index >= 15 is 0 Å². The number of nitrogens with zero attached hydrogens (tertiary/aromatic N) is 1. The number of hydrogen-bond donors (Lipinski definition) is 1. The number of H-pyrrole nitrogens is 1. The summed E-state index contributed by atoms with van der Waals surface area (Å²) in [5.74, 6) is 3.07. The average molecular weight is 232 g/mol. The van der Waals surface area contributed by atoms with Gasteiger partial charge in [-0.15, -0.1) is 0 Å². The molecule has 4 aliphatic rings. The summed E-state index contributed by atoms with van der Waals surface area (Å²) in [6.07, 6.45) is 8.90. The van der Waals surface area contributed by atoms with Gasteiger partial charge in [-0.3, -0.25) is 5.10 Å². The van der Waals surface area contributed by atoms with E-state index in [-0.39, 0.29) is 0 Å². The first-order valence-corrected chi connectivity index (χ1v) is 7.18. The van der Waals surface area contributed by atoms with Crippen LogP contribution < -0.4 is 0 Å². The van der Waals surface area contributed by atoms with Crippen LogP contribution in [0.15, 0.2) is 0 Å². The zero-order valence-corrected chi connectivity index (χ0v) is 10.9. The fraction of sp³-hybridized carbons (Fsp3) is 0.800. The largest absolute Gasteiger partial charge is 0.282 e. The van der Waals surface area contributed by atoms with Crippen molar-refractivity contribution in [1.29, 1.82) is 0 Å². The maximum absolute atomic E-state index is 4.45. The molecule has 0 spiro atoms. The minimum Gasteiger partial charge on any atom is -0.282 e. The molecule has 0 unspecified atom stereocenters. The van der Waals surface area contributed by atoms with Crippen LogP contribution in [0.3, 0.4) is 0 Å². The molecule has 1 heterocycles. The van der Waals surface area contributed by atoms with Crippen LogP contribution in [-0.4, -0.2) is 10.2 Å². The van der Waals surface area contributed by atoms with E-state index in [9.17, 15) is 0 Å². The molecule has 92 valence electrons. The Labute approximate surface area is 103 Å². The predicted molar refractivity (Wildman–Crippen MR) is 67.9 cm³/mol. The lowest BCUT2D eigenvalue weighted by atomic mass is 9.48. The third kappa shape index (κ3) is 1.30. The molecule has 4 bridgehead atoms. The van der Waals surface area contributed by atoms with Crippen molar-refractivity contribution in [1.82, 2.24) is 10.2 Å². The highest BCUT2D eigenvalue weighted by atomic mass is 16.0. The summed E-state index contributed by atoms with van der Waals surface area (Å²) in [5, 5.41) is 7.66. The molecule has 17 heavy (non-hydrogen) atoms. The van der Waals surface area contributed by atoms with E-state index in [1.54, 1.807) is 5.56 Å². The van der Waals surface area contributed by atoms with Gasteiger partial charge in [0.25, 0.3) is 0 Å². The molecule has 0 saturated heterocycles. The van der Waals surface area contributed by atoms with E-state index in [2.05, 4.69) is 24.0 Å². The van der Waals surface area contributed by atoms with Gasteiger partial charge >= 0.3 is 0 Å². The second-order valence-corrected chi connectivity index (χ2v) is 7.01. The minimum absolute atomic E-state index is 0.510. The second-order valence-electron chi connectivity index (χ2n) is 7.01. The zero-order valence-electron chi connectivity index (χ0n) is 10.9. The Morgan fingerprint density at radius 2 is 1.53 bits per heavy atom. The van der Waals surface area contributed by atoms with Gasteiger partial charge in [-0.05, 0) is 75.5 Å². The minimum atomic E-state index is 0.510. The first-order valence-electron chi connectivity index (χ1n) is 7.18. The summed E-state index contributed by atoms with van der Waals surface area (Å²) in [5.41, 5.74) is 4.71. The molecule has 0 radical (unpaired) electrons. The van der Waals surface area contributed by atoms with E-state index in [0.29, 0.717) is 5.41 Å². The second kappa shape index (κ2) is 3.15. The van der Waals surface area contributed by atoms with Crippen molar-refractivity contribution in [3.63, 3.8) is 0 Å². The van der Waals surface area contributed by atoms with Crippen LogP contribution in [-0.2, 0) is 5.41 Å². The molecule has 0 aromatic carbocycles. The lowest BCUT2D eigenvalue weighted by Crippen LogP contribution is -2.49. The van der Waals surface area contributed by atoms with Gasteiger partial charge in [-0.25, -0.2) is 0 Å². The predicted octanol–water partition coefficient (Wildman–Crippen LogP) is 3.49. The Balaban J connectivity index is 1.82. The van der Waals surface area contributed by atoms with E-state index in [4.69, 9.17) is 0 Å². The highest BCUT2D eigenvalue weighted by Gasteiger charge is 2.52. The van der Waals surface area contributed by atoms with Crippen LogP contribution in [0, 0.1) is 31.6 Å². The number of aryl methyl sites for hydroxylation is 2. The molecular formula is C15H22N2. The number of rotatable bonds is 1. The third-order valence-corrected chi connectivity index (χ3v) is 5.70. The van der Waals surface area contributed by atoms with Gasteiger partial charge in [0.2, 0.25) is 0 Å². The fourth-order valence-electron chi connectivity index (χ4n) is 5.75. The molecule has 1 aromatic rings. The monoisotopic (exact) mass is 232 g/mol. The van der Waals surface area contributed by atoms with Crippen molar-refractivity contribution in [3.05, 3.63) is 17.0 Å². The van der Waals surface area contributed by atoms with Crippen LogP contribution >= 0.6 is 0 Å². The van der Waals surface area contributed by atoms with E-state index in [0.717, 1.165) is 17.8 Å². The standard InChI is InChI=1S/C15H22N2/c1-9-14(10(2)17-16-9)15-6-11-3-12(7-15)5-13(4-11)8-15/h11-13H,3-8H2,1-2H3,(H,16,17)/i16+1,17+1. The van der Waals surface area contributed by atoms with E-state index in [1.807, 2.05) is 0 Å². The van der Waals surface area contributed by atoms with Gasteiger partial charge in [0, 0.05) is 11.3 Å². The van der Waals surface area contributed by atoms with E-state index in [1.165, 1.54) is 49.9 Å².